The second-order valence-corrected chi connectivity index (χ2v) is 5.13. The van der Waals surface area contributed by atoms with Gasteiger partial charge in [-0.15, -0.1) is 0 Å². The molecule has 6 heteroatoms. The Balaban J connectivity index is 2.30. The normalized spacial score (nSPS) is 12.4. The summed E-state index contributed by atoms with van der Waals surface area (Å²) in [5.74, 6) is 1.15. The van der Waals surface area contributed by atoms with Gasteiger partial charge in [-0.25, -0.2) is 4.98 Å². The van der Waals surface area contributed by atoms with Crippen LogP contribution in [0, 0.1) is 6.92 Å². The van der Waals surface area contributed by atoms with E-state index in [4.69, 9.17) is 8.83 Å². The number of oxazole rings is 1. The minimum absolute atomic E-state index is 0.114. The molecular formula is C16H22N2O4. The van der Waals surface area contributed by atoms with Crippen molar-refractivity contribution in [2.75, 3.05) is 6.61 Å². The molecule has 0 aliphatic rings. The highest BCUT2D eigenvalue weighted by atomic mass is 16.4. The number of aromatic nitrogens is 1. The van der Waals surface area contributed by atoms with Crippen LogP contribution in [-0.4, -0.2) is 33.5 Å². The first-order chi connectivity index (χ1) is 10.6. The van der Waals surface area contributed by atoms with Crippen LogP contribution in [0.2, 0.25) is 0 Å². The van der Waals surface area contributed by atoms with Gasteiger partial charge in [0.15, 0.2) is 5.89 Å². The second kappa shape index (κ2) is 7.26. The van der Waals surface area contributed by atoms with Crippen LogP contribution in [0.1, 0.15) is 48.2 Å². The van der Waals surface area contributed by atoms with Crippen molar-refractivity contribution in [1.29, 1.82) is 0 Å². The first kappa shape index (κ1) is 16.3. The Labute approximate surface area is 129 Å². The molecule has 0 aliphatic heterocycles. The van der Waals surface area contributed by atoms with Crippen molar-refractivity contribution >= 4 is 5.91 Å². The van der Waals surface area contributed by atoms with Gasteiger partial charge in [0.05, 0.1) is 31.2 Å². The van der Waals surface area contributed by atoms with Crippen LogP contribution in [-0.2, 0) is 13.0 Å². The largest absolute Gasteiger partial charge is 0.467 e. The Morgan fingerprint density at radius 1 is 1.45 bits per heavy atom. The summed E-state index contributed by atoms with van der Waals surface area (Å²) < 4.78 is 10.9. The lowest BCUT2D eigenvalue weighted by Gasteiger charge is -2.28. The van der Waals surface area contributed by atoms with Gasteiger partial charge in [0.2, 0.25) is 5.76 Å². The van der Waals surface area contributed by atoms with Gasteiger partial charge in [0.1, 0.15) is 5.76 Å². The maximum atomic E-state index is 12.8. The molecule has 0 aliphatic carbocycles. The average molecular weight is 306 g/mol. The summed E-state index contributed by atoms with van der Waals surface area (Å²) >= 11 is 0. The molecule has 0 radical (unpaired) electrons. The minimum Gasteiger partial charge on any atom is -0.467 e. The number of aliphatic hydroxyl groups excluding tert-OH is 1. The minimum atomic E-state index is -0.299. The van der Waals surface area contributed by atoms with E-state index in [1.54, 1.807) is 30.2 Å². The number of amides is 1. The lowest BCUT2D eigenvalue weighted by Crippen LogP contribution is -2.41. The SMILES string of the molecule is CCc1nc(C)c(C(=O)N(Cc2ccco2)C(CC)CO)o1. The molecule has 22 heavy (non-hydrogen) atoms. The van der Waals surface area contributed by atoms with Crippen LogP contribution in [0.3, 0.4) is 0 Å². The molecule has 2 aromatic heterocycles. The van der Waals surface area contributed by atoms with E-state index in [9.17, 15) is 9.90 Å². The number of furan rings is 1. The summed E-state index contributed by atoms with van der Waals surface area (Å²) in [5, 5.41) is 9.57. The van der Waals surface area contributed by atoms with Crippen LogP contribution in [0.15, 0.2) is 27.2 Å². The molecule has 1 atom stereocenters. The fourth-order valence-electron chi connectivity index (χ4n) is 2.32. The fraction of sp³-hybridized carbons (Fsp3) is 0.500. The second-order valence-electron chi connectivity index (χ2n) is 5.13. The molecule has 6 nitrogen and oxygen atoms in total. The van der Waals surface area contributed by atoms with Crippen molar-refractivity contribution in [3.63, 3.8) is 0 Å². The molecule has 1 N–H and O–H groups in total. The fourth-order valence-corrected chi connectivity index (χ4v) is 2.32. The van der Waals surface area contributed by atoms with Crippen molar-refractivity contribution < 1.29 is 18.7 Å². The Bertz CT molecular complexity index is 600. The Morgan fingerprint density at radius 3 is 2.73 bits per heavy atom. The van der Waals surface area contributed by atoms with Gasteiger partial charge in [-0.2, -0.15) is 0 Å². The van der Waals surface area contributed by atoms with E-state index in [-0.39, 0.29) is 30.9 Å². The molecule has 0 bridgehead atoms. The molecule has 1 amide bonds. The third-order valence-electron chi connectivity index (χ3n) is 3.63. The summed E-state index contributed by atoms with van der Waals surface area (Å²) in [4.78, 5) is 18.6. The van der Waals surface area contributed by atoms with E-state index >= 15 is 0 Å². The molecule has 0 saturated carbocycles. The summed E-state index contributed by atoms with van der Waals surface area (Å²) in [6, 6.07) is 3.27. The van der Waals surface area contributed by atoms with Gasteiger partial charge in [-0.05, 0) is 25.5 Å². The van der Waals surface area contributed by atoms with Gasteiger partial charge >= 0.3 is 0 Å². The summed E-state index contributed by atoms with van der Waals surface area (Å²) in [6.45, 7) is 5.76. The molecular weight excluding hydrogens is 284 g/mol. The molecule has 0 aromatic carbocycles. The predicted molar refractivity (Wildman–Crippen MR) is 80.4 cm³/mol. The topological polar surface area (TPSA) is 79.7 Å². The third kappa shape index (κ3) is 3.39. The molecule has 2 rings (SSSR count). The number of hydrogen-bond acceptors (Lipinski definition) is 5. The van der Waals surface area contributed by atoms with E-state index in [0.29, 0.717) is 30.2 Å². The number of rotatable bonds is 7. The zero-order valence-electron chi connectivity index (χ0n) is 13.2. The summed E-state index contributed by atoms with van der Waals surface area (Å²) in [7, 11) is 0. The molecule has 0 fully saturated rings. The maximum Gasteiger partial charge on any atom is 0.292 e. The average Bonchev–Trinajstić information content (AvgIpc) is 3.16. The van der Waals surface area contributed by atoms with Gasteiger partial charge < -0.3 is 18.8 Å². The molecule has 0 spiro atoms. The van der Waals surface area contributed by atoms with Crippen molar-refractivity contribution in [2.24, 2.45) is 0 Å². The molecule has 0 saturated heterocycles. The number of carbonyl (C=O) groups excluding carboxylic acids is 1. The molecule has 2 aromatic rings. The van der Waals surface area contributed by atoms with Crippen molar-refractivity contribution in [1.82, 2.24) is 9.88 Å². The number of aryl methyl sites for hydroxylation is 2. The van der Waals surface area contributed by atoms with Crippen LogP contribution in [0.5, 0.6) is 0 Å². The Kier molecular flexibility index (Phi) is 5.38. The number of nitrogens with zero attached hydrogens (tertiary/aromatic N) is 2. The van der Waals surface area contributed by atoms with E-state index in [0.717, 1.165) is 0 Å². The predicted octanol–water partition coefficient (Wildman–Crippen LogP) is 2.55. The smallest absolute Gasteiger partial charge is 0.292 e. The number of aliphatic hydroxyl groups is 1. The molecule has 120 valence electrons. The lowest BCUT2D eigenvalue weighted by atomic mass is 10.1. The standard InChI is InChI=1S/C16H22N2O4/c1-4-12(10-19)18(9-13-7-6-8-21-13)16(20)15-11(3)17-14(5-2)22-15/h6-8,12,19H,4-5,9-10H2,1-3H3. The van der Waals surface area contributed by atoms with Crippen molar-refractivity contribution in [3.05, 3.63) is 41.5 Å². The molecule has 2 heterocycles. The highest BCUT2D eigenvalue weighted by molar-refractivity contribution is 5.92. The first-order valence-corrected chi connectivity index (χ1v) is 7.51. The Morgan fingerprint density at radius 2 is 2.23 bits per heavy atom. The number of carbonyl (C=O) groups is 1. The first-order valence-electron chi connectivity index (χ1n) is 7.51. The van der Waals surface area contributed by atoms with E-state index in [1.807, 2.05) is 13.8 Å². The third-order valence-corrected chi connectivity index (χ3v) is 3.63. The quantitative estimate of drug-likeness (QED) is 0.850. The van der Waals surface area contributed by atoms with Crippen molar-refractivity contribution in [2.45, 2.75) is 46.2 Å². The highest BCUT2D eigenvalue weighted by Crippen LogP contribution is 2.19. The van der Waals surface area contributed by atoms with Crippen molar-refractivity contribution in [3.8, 4) is 0 Å². The monoisotopic (exact) mass is 306 g/mol. The number of hydrogen-bond donors (Lipinski definition) is 1. The van der Waals surface area contributed by atoms with E-state index in [2.05, 4.69) is 4.98 Å². The van der Waals surface area contributed by atoms with Gasteiger partial charge in [-0.1, -0.05) is 13.8 Å². The van der Waals surface area contributed by atoms with E-state index < -0.39 is 0 Å². The van der Waals surface area contributed by atoms with Crippen LogP contribution >= 0.6 is 0 Å². The van der Waals surface area contributed by atoms with Crippen LogP contribution in [0.25, 0.3) is 0 Å². The highest BCUT2D eigenvalue weighted by Gasteiger charge is 2.28. The zero-order chi connectivity index (χ0) is 16.1. The Hall–Kier alpha value is -2.08. The maximum absolute atomic E-state index is 12.8. The van der Waals surface area contributed by atoms with Gasteiger partial charge in [-0.3, -0.25) is 4.79 Å². The lowest BCUT2D eigenvalue weighted by molar-refractivity contribution is 0.0511. The summed E-state index contributed by atoms with van der Waals surface area (Å²) in [5.41, 5.74) is 0.569. The van der Waals surface area contributed by atoms with E-state index in [1.165, 1.54) is 0 Å². The van der Waals surface area contributed by atoms with Crippen LogP contribution < -0.4 is 0 Å². The van der Waals surface area contributed by atoms with Gasteiger partial charge in [0, 0.05) is 6.42 Å². The van der Waals surface area contributed by atoms with Crippen LogP contribution in [0.4, 0.5) is 0 Å². The zero-order valence-corrected chi connectivity index (χ0v) is 13.2. The molecule has 1 unspecified atom stereocenters. The summed E-state index contributed by atoms with van der Waals surface area (Å²) in [6.07, 6.45) is 2.83. The van der Waals surface area contributed by atoms with Gasteiger partial charge in [0.25, 0.3) is 5.91 Å².